The molecule has 0 saturated heterocycles. The van der Waals surface area contributed by atoms with E-state index in [2.05, 4.69) is 10.5 Å². The Morgan fingerprint density at radius 3 is 2.48 bits per heavy atom. The minimum atomic E-state index is -0.333. The fraction of sp³-hybridized carbons (Fsp3) is 0.273. The zero-order valence-electron chi connectivity index (χ0n) is 16.7. The number of aromatic nitrogens is 1. The third-order valence-electron chi connectivity index (χ3n) is 4.53. The van der Waals surface area contributed by atoms with Crippen LogP contribution in [-0.2, 0) is 0 Å². The van der Waals surface area contributed by atoms with Crippen LogP contribution in [0.3, 0.4) is 0 Å². The highest BCUT2D eigenvalue weighted by Crippen LogP contribution is 2.23. The predicted molar refractivity (Wildman–Crippen MR) is 108 cm³/mol. The predicted octanol–water partition coefficient (Wildman–Crippen LogP) is 3.91. The molecule has 1 amide bonds. The molecule has 3 aromatic rings. The molecule has 7 heteroatoms. The number of nitrogens with zero attached hydrogens (tertiary/aromatic N) is 2. The zero-order chi connectivity index (χ0) is 20.8. The van der Waals surface area contributed by atoms with Crippen molar-refractivity contribution in [3.63, 3.8) is 0 Å². The van der Waals surface area contributed by atoms with Crippen LogP contribution in [0.4, 0.5) is 4.39 Å². The summed E-state index contributed by atoms with van der Waals surface area (Å²) in [5.74, 6) is 0.643. The van der Waals surface area contributed by atoms with E-state index in [1.807, 2.05) is 50.2 Å². The molecule has 2 aromatic carbocycles. The van der Waals surface area contributed by atoms with E-state index in [4.69, 9.17) is 9.26 Å². The summed E-state index contributed by atoms with van der Waals surface area (Å²) in [7, 11) is 3.81. The van der Waals surface area contributed by atoms with Crippen LogP contribution in [0.5, 0.6) is 5.75 Å². The molecule has 0 spiro atoms. The highest BCUT2D eigenvalue weighted by molar-refractivity contribution is 5.93. The number of halogens is 1. The van der Waals surface area contributed by atoms with E-state index in [9.17, 15) is 9.18 Å². The first-order valence-electron chi connectivity index (χ1n) is 9.38. The van der Waals surface area contributed by atoms with Crippen molar-refractivity contribution in [3.05, 3.63) is 71.7 Å². The van der Waals surface area contributed by atoms with Crippen molar-refractivity contribution in [2.24, 2.45) is 0 Å². The van der Waals surface area contributed by atoms with E-state index >= 15 is 0 Å². The number of amides is 1. The molecule has 152 valence electrons. The lowest BCUT2D eigenvalue weighted by molar-refractivity contribution is 0.0933. The first kappa shape index (κ1) is 20.5. The van der Waals surface area contributed by atoms with Gasteiger partial charge in [-0.25, -0.2) is 4.39 Å². The van der Waals surface area contributed by atoms with Crippen LogP contribution in [0.2, 0.25) is 0 Å². The van der Waals surface area contributed by atoms with Crippen LogP contribution in [0.15, 0.2) is 59.1 Å². The maximum absolute atomic E-state index is 13.2. The summed E-state index contributed by atoms with van der Waals surface area (Å²) in [5, 5.41) is 6.74. The Hall–Kier alpha value is -3.19. The summed E-state index contributed by atoms with van der Waals surface area (Å²) in [5.41, 5.74) is 1.91. The van der Waals surface area contributed by atoms with Gasteiger partial charge >= 0.3 is 0 Å². The van der Waals surface area contributed by atoms with E-state index in [1.165, 1.54) is 12.1 Å². The number of ether oxygens (including phenoxy) is 1. The summed E-state index contributed by atoms with van der Waals surface area (Å²) in [6.45, 7) is 2.87. The molecular formula is C22H24FN3O3. The molecule has 0 aliphatic carbocycles. The van der Waals surface area contributed by atoms with Crippen LogP contribution in [0, 0.1) is 5.82 Å². The molecule has 0 bridgehead atoms. The van der Waals surface area contributed by atoms with Crippen LogP contribution < -0.4 is 10.1 Å². The number of likely N-dealkylation sites (N-methyl/N-ethyl adjacent to an activating group) is 1. The van der Waals surface area contributed by atoms with Crippen molar-refractivity contribution in [3.8, 4) is 17.1 Å². The fourth-order valence-corrected chi connectivity index (χ4v) is 2.96. The Morgan fingerprint density at radius 2 is 1.86 bits per heavy atom. The van der Waals surface area contributed by atoms with Gasteiger partial charge in [0.1, 0.15) is 11.6 Å². The van der Waals surface area contributed by atoms with Crippen molar-refractivity contribution in [1.82, 2.24) is 15.4 Å². The van der Waals surface area contributed by atoms with Gasteiger partial charge in [-0.05, 0) is 63.0 Å². The van der Waals surface area contributed by atoms with Crippen molar-refractivity contribution in [2.75, 3.05) is 27.2 Å². The van der Waals surface area contributed by atoms with Crippen molar-refractivity contribution < 1.29 is 18.4 Å². The Labute approximate surface area is 169 Å². The van der Waals surface area contributed by atoms with E-state index in [-0.39, 0.29) is 23.5 Å². The molecule has 0 fully saturated rings. The van der Waals surface area contributed by atoms with Crippen LogP contribution in [0.1, 0.15) is 29.0 Å². The molecule has 29 heavy (non-hydrogen) atoms. The average Bonchev–Trinajstić information content (AvgIpc) is 3.20. The molecule has 0 aliphatic heterocycles. The minimum Gasteiger partial charge on any atom is -0.494 e. The molecular weight excluding hydrogens is 373 g/mol. The maximum Gasteiger partial charge on any atom is 0.273 e. The van der Waals surface area contributed by atoms with E-state index in [0.717, 1.165) is 16.9 Å². The van der Waals surface area contributed by atoms with Gasteiger partial charge in [0.05, 0.1) is 12.6 Å². The summed E-state index contributed by atoms with van der Waals surface area (Å²) in [4.78, 5) is 14.5. The first-order valence-corrected chi connectivity index (χ1v) is 9.38. The van der Waals surface area contributed by atoms with Gasteiger partial charge in [0.25, 0.3) is 5.91 Å². The standard InChI is InChI=1S/C22H24FN3O3/c1-4-28-18-11-7-16(8-12-18)21-13-19(25-29-21)22(27)24-14-20(26(2)3)15-5-9-17(23)10-6-15/h5-13,20H,4,14H2,1-3H3,(H,24,27). The van der Waals surface area contributed by atoms with Gasteiger partial charge in [0, 0.05) is 18.2 Å². The van der Waals surface area contributed by atoms with E-state index < -0.39 is 0 Å². The van der Waals surface area contributed by atoms with Gasteiger partial charge in [0.15, 0.2) is 11.5 Å². The highest BCUT2D eigenvalue weighted by atomic mass is 19.1. The number of benzene rings is 2. The first-order chi connectivity index (χ1) is 14.0. The normalized spacial score (nSPS) is 12.0. The molecule has 1 heterocycles. The van der Waals surface area contributed by atoms with Gasteiger partial charge in [0.2, 0.25) is 0 Å². The fourth-order valence-electron chi connectivity index (χ4n) is 2.96. The summed E-state index contributed by atoms with van der Waals surface area (Å²) < 4.78 is 23.9. The topological polar surface area (TPSA) is 67.6 Å². The van der Waals surface area contributed by atoms with E-state index in [0.29, 0.717) is 18.9 Å². The van der Waals surface area contributed by atoms with Gasteiger partial charge in [-0.3, -0.25) is 4.79 Å². The van der Waals surface area contributed by atoms with Gasteiger partial charge in [-0.15, -0.1) is 0 Å². The van der Waals surface area contributed by atoms with Gasteiger partial charge in [-0.1, -0.05) is 17.3 Å². The number of carbonyl (C=O) groups excluding carboxylic acids is 1. The monoisotopic (exact) mass is 397 g/mol. The molecule has 1 unspecified atom stereocenters. The van der Waals surface area contributed by atoms with E-state index in [1.54, 1.807) is 18.2 Å². The number of rotatable bonds is 8. The third kappa shape index (κ3) is 5.20. The minimum absolute atomic E-state index is 0.1000. The number of hydrogen-bond acceptors (Lipinski definition) is 5. The molecule has 0 radical (unpaired) electrons. The summed E-state index contributed by atoms with van der Waals surface area (Å²) in [6.07, 6.45) is 0. The molecule has 0 saturated carbocycles. The average molecular weight is 397 g/mol. The molecule has 3 rings (SSSR count). The molecule has 1 aromatic heterocycles. The highest BCUT2D eigenvalue weighted by Gasteiger charge is 2.18. The van der Waals surface area contributed by atoms with Gasteiger partial charge in [-0.2, -0.15) is 0 Å². The lowest BCUT2D eigenvalue weighted by Crippen LogP contribution is -2.34. The second-order valence-electron chi connectivity index (χ2n) is 6.77. The lowest BCUT2D eigenvalue weighted by Gasteiger charge is -2.25. The second kappa shape index (κ2) is 9.34. The van der Waals surface area contributed by atoms with Crippen molar-refractivity contribution in [1.29, 1.82) is 0 Å². The van der Waals surface area contributed by atoms with Crippen molar-refractivity contribution >= 4 is 5.91 Å². The maximum atomic E-state index is 13.2. The Bertz CT molecular complexity index is 937. The van der Waals surface area contributed by atoms with Gasteiger partial charge < -0.3 is 19.5 Å². The largest absolute Gasteiger partial charge is 0.494 e. The summed E-state index contributed by atoms with van der Waals surface area (Å²) >= 11 is 0. The smallest absolute Gasteiger partial charge is 0.273 e. The Morgan fingerprint density at radius 1 is 1.17 bits per heavy atom. The summed E-state index contributed by atoms with van der Waals surface area (Å²) in [6, 6.07) is 15.1. The SMILES string of the molecule is CCOc1ccc(-c2cc(C(=O)NCC(c3ccc(F)cc3)N(C)C)no2)cc1. The Kier molecular flexibility index (Phi) is 6.61. The number of carbonyl (C=O) groups is 1. The van der Waals surface area contributed by atoms with Crippen LogP contribution >= 0.6 is 0 Å². The third-order valence-corrected chi connectivity index (χ3v) is 4.53. The van der Waals surface area contributed by atoms with Crippen LogP contribution in [-0.4, -0.2) is 43.2 Å². The number of nitrogens with one attached hydrogen (secondary N) is 1. The molecule has 1 N–H and O–H groups in total. The quantitative estimate of drug-likeness (QED) is 0.624. The molecule has 0 aliphatic rings. The van der Waals surface area contributed by atoms with Crippen molar-refractivity contribution in [2.45, 2.75) is 13.0 Å². The lowest BCUT2D eigenvalue weighted by atomic mass is 10.1. The number of hydrogen-bond donors (Lipinski definition) is 1. The zero-order valence-corrected chi connectivity index (χ0v) is 16.7. The Balaban J connectivity index is 1.65. The molecule has 6 nitrogen and oxygen atoms in total. The second-order valence-corrected chi connectivity index (χ2v) is 6.77. The molecule has 1 atom stereocenters. The van der Waals surface area contributed by atoms with Crippen LogP contribution in [0.25, 0.3) is 11.3 Å².